The Bertz CT molecular complexity index is 741. The number of nitrogens with two attached hydrogens (primary N) is 1. The van der Waals surface area contributed by atoms with Crippen molar-refractivity contribution >= 4 is 32.5 Å². The van der Waals surface area contributed by atoms with Crippen LogP contribution in [0.25, 0.3) is 0 Å². The molecule has 0 amide bonds. The molecule has 0 bridgehead atoms. The van der Waals surface area contributed by atoms with Gasteiger partial charge in [-0.05, 0) is 24.9 Å². The Kier molecular flexibility index (Phi) is 8.30. The third-order valence-corrected chi connectivity index (χ3v) is 7.60. The molecule has 2 atom stereocenters. The standard InChI is InChI=1S/C15H25N3O4S2.ClH/c1-2-23(19,20)17-8-9-24(21,22)18-11-14(10-16)15(12-18)13-6-4-3-5-7-13;/h3-7,14-15,17H,2,8-12,16H2,1H3;1H/t14-,15+;/m1./s1. The molecule has 1 aliphatic rings. The first kappa shape index (κ1) is 22.3. The normalized spacial score (nSPS) is 21.8. The van der Waals surface area contributed by atoms with Gasteiger partial charge in [0.1, 0.15) is 0 Å². The first-order valence-electron chi connectivity index (χ1n) is 7.99. The van der Waals surface area contributed by atoms with Crippen LogP contribution in [-0.2, 0) is 20.0 Å². The Balaban J connectivity index is 0.00000312. The van der Waals surface area contributed by atoms with E-state index in [0.29, 0.717) is 19.6 Å². The molecule has 1 fully saturated rings. The van der Waals surface area contributed by atoms with Gasteiger partial charge in [-0.25, -0.2) is 25.9 Å². The van der Waals surface area contributed by atoms with Gasteiger partial charge in [0.25, 0.3) is 0 Å². The molecule has 10 heteroatoms. The summed E-state index contributed by atoms with van der Waals surface area (Å²) < 4.78 is 51.5. The van der Waals surface area contributed by atoms with Crippen molar-refractivity contribution < 1.29 is 16.8 Å². The molecule has 7 nitrogen and oxygen atoms in total. The minimum Gasteiger partial charge on any atom is -0.330 e. The maximum atomic E-state index is 12.5. The van der Waals surface area contributed by atoms with Gasteiger partial charge in [-0.15, -0.1) is 12.4 Å². The van der Waals surface area contributed by atoms with Crippen molar-refractivity contribution in [1.29, 1.82) is 0 Å². The second-order valence-corrected chi connectivity index (χ2v) is 10.1. The molecule has 0 unspecified atom stereocenters. The minimum atomic E-state index is -3.52. The first-order chi connectivity index (χ1) is 11.3. The summed E-state index contributed by atoms with van der Waals surface area (Å²) in [4.78, 5) is 0. The van der Waals surface area contributed by atoms with Gasteiger partial charge >= 0.3 is 0 Å². The van der Waals surface area contributed by atoms with Crippen LogP contribution < -0.4 is 10.5 Å². The maximum absolute atomic E-state index is 12.5. The van der Waals surface area contributed by atoms with Crippen LogP contribution in [0, 0.1) is 5.92 Å². The van der Waals surface area contributed by atoms with Crippen LogP contribution in [0.15, 0.2) is 30.3 Å². The number of hydrogen-bond donors (Lipinski definition) is 2. The lowest BCUT2D eigenvalue weighted by Gasteiger charge is -2.17. The van der Waals surface area contributed by atoms with E-state index in [9.17, 15) is 16.8 Å². The van der Waals surface area contributed by atoms with E-state index in [1.165, 1.54) is 11.2 Å². The van der Waals surface area contributed by atoms with Crippen molar-refractivity contribution in [3.8, 4) is 0 Å². The average molecular weight is 412 g/mol. The van der Waals surface area contributed by atoms with Crippen LogP contribution in [0.1, 0.15) is 18.4 Å². The van der Waals surface area contributed by atoms with Crippen molar-refractivity contribution in [3.63, 3.8) is 0 Å². The fourth-order valence-corrected chi connectivity index (χ4v) is 5.10. The molecule has 0 spiro atoms. The summed E-state index contributed by atoms with van der Waals surface area (Å²) in [5, 5.41) is 0. The van der Waals surface area contributed by atoms with Gasteiger partial charge in [-0.1, -0.05) is 30.3 Å². The van der Waals surface area contributed by atoms with Crippen LogP contribution >= 0.6 is 12.4 Å². The second-order valence-electron chi connectivity index (χ2n) is 5.94. The van der Waals surface area contributed by atoms with E-state index in [1.807, 2.05) is 30.3 Å². The van der Waals surface area contributed by atoms with Crippen LogP contribution in [0.3, 0.4) is 0 Å². The lowest BCUT2D eigenvalue weighted by Crippen LogP contribution is -2.37. The van der Waals surface area contributed by atoms with Gasteiger partial charge in [0.05, 0.1) is 11.5 Å². The lowest BCUT2D eigenvalue weighted by atomic mass is 9.89. The molecule has 3 N–H and O–H groups in total. The molecular weight excluding hydrogens is 386 g/mol. The van der Waals surface area contributed by atoms with Gasteiger partial charge in [0.15, 0.2) is 0 Å². The highest BCUT2D eigenvalue weighted by Crippen LogP contribution is 2.33. The number of rotatable bonds is 8. The summed E-state index contributed by atoms with van der Waals surface area (Å²) in [6.07, 6.45) is 0. The Morgan fingerprint density at radius 2 is 1.80 bits per heavy atom. The number of nitrogens with one attached hydrogen (secondary N) is 1. The highest BCUT2D eigenvalue weighted by Gasteiger charge is 2.38. The third kappa shape index (κ3) is 5.90. The van der Waals surface area contributed by atoms with E-state index in [1.54, 1.807) is 0 Å². The van der Waals surface area contributed by atoms with Crippen LogP contribution in [-0.4, -0.2) is 58.8 Å². The molecule has 0 aromatic heterocycles. The summed E-state index contributed by atoms with van der Waals surface area (Å²) in [5.41, 5.74) is 6.91. The Hall–Kier alpha value is -0.710. The van der Waals surface area contributed by atoms with Gasteiger partial charge in [0.2, 0.25) is 20.0 Å². The van der Waals surface area contributed by atoms with Crippen molar-refractivity contribution in [2.75, 3.05) is 37.7 Å². The molecule has 0 radical (unpaired) electrons. The molecule has 25 heavy (non-hydrogen) atoms. The molecular formula is C15H26ClN3O4S2. The van der Waals surface area contributed by atoms with E-state index >= 15 is 0 Å². The van der Waals surface area contributed by atoms with Gasteiger partial charge < -0.3 is 5.73 Å². The smallest absolute Gasteiger partial charge is 0.215 e. The molecule has 1 aromatic rings. The molecule has 1 saturated heterocycles. The Morgan fingerprint density at radius 3 is 2.36 bits per heavy atom. The lowest BCUT2D eigenvalue weighted by molar-refractivity contribution is 0.458. The zero-order chi connectivity index (χ0) is 17.8. The number of hydrogen-bond acceptors (Lipinski definition) is 5. The summed E-state index contributed by atoms with van der Waals surface area (Å²) in [5.74, 6) is -0.180. The van der Waals surface area contributed by atoms with Crippen molar-refractivity contribution in [2.45, 2.75) is 12.8 Å². The van der Waals surface area contributed by atoms with E-state index in [0.717, 1.165) is 5.56 Å². The van der Waals surface area contributed by atoms with Gasteiger partial charge in [-0.3, -0.25) is 0 Å². The molecule has 1 heterocycles. The summed E-state index contributed by atoms with van der Waals surface area (Å²) >= 11 is 0. The van der Waals surface area contributed by atoms with Crippen LogP contribution in [0.5, 0.6) is 0 Å². The number of nitrogens with zero attached hydrogens (tertiary/aromatic N) is 1. The fourth-order valence-electron chi connectivity index (χ4n) is 2.93. The van der Waals surface area contributed by atoms with E-state index in [4.69, 9.17) is 5.73 Å². The molecule has 1 aliphatic heterocycles. The summed E-state index contributed by atoms with van der Waals surface area (Å²) in [6, 6.07) is 9.75. The SMILES string of the molecule is CCS(=O)(=O)NCCS(=O)(=O)N1C[C@@H](CN)[C@H](c2ccccc2)C1.Cl. The fraction of sp³-hybridized carbons (Fsp3) is 0.600. The van der Waals surface area contributed by atoms with E-state index in [-0.39, 0.29) is 42.3 Å². The summed E-state index contributed by atoms with van der Waals surface area (Å²) in [7, 11) is -6.91. The monoisotopic (exact) mass is 411 g/mol. The van der Waals surface area contributed by atoms with Crippen molar-refractivity contribution in [1.82, 2.24) is 9.03 Å². The molecule has 144 valence electrons. The third-order valence-electron chi connectivity index (χ3n) is 4.39. The summed E-state index contributed by atoms with van der Waals surface area (Å²) in [6.45, 7) is 2.56. The highest BCUT2D eigenvalue weighted by molar-refractivity contribution is 7.90. The Morgan fingerprint density at radius 1 is 1.16 bits per heavy atom. The Labute approximate surface area is 156 Å². The first-order valence-corrected chi connectivity index (χ1v) is 11.3. The topological polar surface area (TPSA) is 110 Å². The predicted molar refractivity (Wildman–Crippen MR) is 102 cm³/mol. The minimum absolute atomic E-state index is 0. The van der Waals surface area contributed by atoms with Gasteiger partial charge in [-0.2, -0.15) is 0 Å². The van der Waals surface area contributed by atoms with Crippen molar-refractivity contribution in [3.05, 3.63) is 35.9 Å². The molecule has 0 saturated carbocycles. The largest absolute Gasteiger partial charge is 0.330 e. The quantitative estimate of drug-likeness (QED) is 0.641. The van der Waals surface area contributed by atoms with Crippen LogP contribution in [0.2, 0.25) is 0 Å². The van der Waals surface area contributed by atoms with Gasteiger partial charge in [0, 0.05) is 25.6 Å². The number of sulfonamides is 2. The molecule has 2 rings (SSSR count). The average Bonchev–Trinajstić information content (AvgIpc) is 3.00. The molecule has 0 aliphatic carbocycles. The second kappa shape index (κ2) is 9.29. The van der Waals surface area contributed by atoms with E-state index < -0.39 is 20.0 Å². The highest BCUT2D eigenvalue weighted by atomic mass is 35.5. The van der Waals surface area contributed by atoms with Crippen molar-refractivity contribution in [2.24, 2.45) is 11.7 Å². The number of halogens is 1. The van der Waals surface area contributed by atoms with E-state index in [2.05, 4.69) is 4.72 Å². The number of benzene rings is 1. The predicted octanol–water partition coefficient (Wildman–Crippen LogP) is 0.352. The molecule has 1 aromatic carbocycles. The zero-order valence-corrected chi connectivity index (χ0v) is 16.6. The van der Waals surface area contributed by atoms with Crippen LogP contribution in [0.4, 0.5) is 0 Å². The maximum Gasteiger partial charge on any atom is 0.215 e. The zero-order valence-electron chi connectivity index (χ0n) is 14.2.